The Labute approximate surface area is 210 Å². The summed E-state index contributed by atoms with van der Waals surface area (Å²) in [5.41, 5.74) is 2.79. The number of anilines is 2. The molecule has 2 aromatic carbocycles. The molecule has 1 atom stereocenters. The first-order valence-corrected chi connectivity index (χ1v) is 13.1. The molecule has 0 radical (unpaired) electrons. The zero-order valence-electron chi connectivity index (χ0n) is 19.8. The number of ether oxygens (including phenoxy) is 2. The van der Waals surface area contributed by atoms with E-state index in [1.807, 2.05) is 35.7 Å². The van der Waals surface area contributed by atoms with Crippen LogP contribution in [-0.4, -0.2) is 31.1 Å². The summed E-state index contributed by atoms with van der Waals surface area (Å²) in [5, 5.41) is 7.88. The van der Waals surface area contributed by atoms with Crippen LogP contribution in [0.15, 0.2) is 66.0 Å². The standard InChI is InChI=1S/C28H32N2O4S/c31-27(14-5-12-26-13-6-16-35-26)29-24-10-4-8-22(18-24)28(32)30-23-9-3-7-21(17-23)19-33-20-25-11-1-2-15-34-25/h3-4,6-10,13,16-18,25H,1-2,5,11-12,14-15,19-20H2,(H,29,31)(H,30,32). The van der Waals surface area contributed by atoms with Gasteiger partial charge >= 0.3 is 0 Å². The maximum absolute atomic E-state index is 12.8. The molecule has 7 heteroatoms. The van der Waals surface area contributed by atoms with Gasteiger partial charge in [0.2, 0.25) is 5.91 Å². The predicted octanol–water partition coefficient (Wildman–Crippen LogP) is 6.05. The smallest absolute Gasteiger partial charge is 0.255 e. The van der Waals surface area contributed by atoms with Gasteiger partial charge in [-0.15, -0.1) is 11.3 Å². The van der Waals surface area contributed by atoms with Crippen molar-refractivity contribution in [2.75, 3.05) is 23.8 Å². The second kappa shape index (κ2) is 13.2. The lowest BCUT2D eigenvalue weighted by molar-refractivity contribution is -0.116. The molecule has 2 heterocycles. The molecule has 1 aliphatic heterocycles. The lowest BCUT2D eigenvalue weighted by Gasteiger charge is -2.22. The third-order valence-electron chi connectivity index (χ3n) is 5.85. The van der Waals surface area contributed by atoms with E-state index < -0.39 is 0 Å². The Morgan fingerprint density at radius 2 is 1.86 bits per heavy atom. The summed E-state index contributed by atoms with van der Waals surface area (Å²) in [4.78, 5) is 26.4. The fourth-order valence-electron chi connectivity index (χ4n) is 4.03. The van der Waals surface area contributed by atoms with Crippen molar-refractivity contribution in [3.63, 3.8) is 0 Å². The number of benzene rings is 2. The third-order valence-corrected chi connectivity index (χ3v) is 6.78. The van der Waals surface area contributed by atoms with Crippen molar-refractivity contribution in [2.45, 2.75) is 51.2 Å². The first kappa shape index (κ1) is 25.1. The summed E-state index contributed by atoms with van der Waals surface area (Å²) in [7, 11) is 0. The van der Waals surface area contributed by atoms with Crippen molar-refractivity contribution in [1.82, 2.24) is 0 Å². The Balaban J connectivity index is 1.25. The molecule has 4 rings (SSSR count). The highest BCUT2D eigenvalue weighted by molar-refractivity contribution is 7.09. The van der Waals surface area contributed by atoms with Crippen LogP contribution in [0.5, 0.6) is 0 Å². The van der Waals surface area contributed by atoms with Gasteiger partial charge in [-0.05, 0) is 79.4 Å². The zero-order chi connectivity index (χ0) is 24.3. The van der Waals surface area contributed by atoms with E-state index in [0.717, 1.165) is 37.9 Å². The Kier molecular flexibility index (Phi) is 9.46. The van der Waals surface area contributed by atoms with Gasteiger partial charge in [0, 0.05) is 34.8 Å². The molecule has 0 saturated carbocycles. The molecule has 0 aliphatic carbocycles. The average Bonchev–Trinajstić information content (AvgIpc) is 3.39. The van der Waals surface area contributed by atoms with Crippen molar-refractivity contribution in [3.05, 3.63) is 82.0 Å². The van der Waals surface area contributed by atoms with Crippen molar-refractivity contribution in [2.24, 2.45) is 0 Å². The van der Waals surface area contributed by atoms with Gasteiger partial charge in [-0.2, -0.15) is 0 Å². The number of aryl methyl sites for hydroxylation is 1. The van der Waals surface area contributed by atoms with E-state index in [-0.39, 0.29) is 17.9 Å². The molecule has 2 amide bonds. The number of carbonyl (C=O) groups excluding carboxylic acids is 2. The molecule has 184 valence electrons. The highest BCUT2D eigenvalue weighted by Gasteiger charge is 2.14. The number of thiophene rings is 1. The van der Waals surface area contributed by atoms with E-state index in [1.165, 1.54) is 11.3 Å². The Morgan fingerprint density at radius 1 is 1.00 bits per heavy atom. The number of amides is 2. The molecule has 1 saturated heterocycles. The van der Waals surface area contributed by atoms with Crippen molar-refractivity contribution >= 4 is 34.5 Å². The van der Waals surface area contributed by atoms with Gasteiger partial charge < -0.3 is 20.1 Å². The van der Waals surface area contributed by atoms with E-state index in [1.54, 1.807) is 35.6 Å². The maximum Gasteiger partial charge on any atom is 0.255 e. The minimum atomic E-state index is -0.229. The van der Waals surface area contributed by atoms with Gasteiger partial charge in [-0.25, -0.2) is 0 Å². The fraction of sp³-hybridized carbons (Fsp3) is 0.357. The van der Waals surface area contributed by atoms with E-state index in [2.05, 4.69) is 16.7 Å². The summed E-state index contributed by atoms with van der Waals surface area (Å²) in [5.74, 6) is -0.280. The summed E-state index contributed by atoms with van der Waals surface area (Å²) >= 11 is 1.71. The van der Waals surface area contributed by atoms with Crippen LogP contribution in [0.3, 0.4) is 0 Å². The van der Waals surface area contributed by atoms with E-state index in [4.69, 9.17) is 9.47 Å². The summed E-state index contributed by atoms with van der Waals surface area (Å²) in [6.07, 6.45) is 5.67. The number of carbonyl (C=O) groups is 2. The number of rotatable bonds is 11. The van der Waals surface area contributed by atoms with Gasteiger partial charge in [0.05, 0.1) is 19.3 Å². The first-order chi connectivity index (χ1) is 17.2. The largest absolute Gasteiger partial charge is 0.376 e. The van der Waals surface area contributed by atoms with Crippen LogP contribution in [0.25, 0.3) is 0 Å². The molecule has 2 N–H and O–H groups in total. The molecule has 1 aliphatic rings. The van der Waals surface area contributed by atoms with Crippen LogP contribution in [0, 0.1) is 0 Å². The van der Waals surface area contributed by atoms with Crippen molar-refractivity contribution < 1.29 is 19.1 Å². The number of hydrogen-bond acceptors (Lipinski definition) is 5. The summed E-state index contributed by atoms with van der Waals surface area (Å²) < 4.78 is 11.5. The minimum absolute atomic E-state index is 0.0505. The van der Waals surface area contributed by atoms with Gasteiger partial charge in [0.15, 0.2) is 0 Å². The van der Waals surface area contributed by atoms with Gasteiger partial charge in [0.1, 0.15) is 0 Å². The first-order valence-electron chi connectivity index (χ1n) is 12.2. The SMILES string of the molecule is O=C(CCCc1cccs1)Nc1cccc(C(=O)Nc2cccc(COCC3CCCCO3)c2)c1. The predicted molar refractivity (Wildman–Crippen MR) is 140 cm³/mol. The van der Waals surface area contributed by atoms with E-state index in [0.29, 0.717) is 36.6 Å². The molecular formula is C28H32N2O4S. The van der Waals surface area contributed by atoms with Crippen LogP contribution >= 0.6 is 11.3 Å². The van der Waals surface area contributed by atoms with E-state index in [9.17, 15) is 9.59 Å². The maximum atomic E-state index is 12.8. The lowest BCUT2D eigenvalue weighted by Crippen LogP contribution is -2.24. The topological polar surface area (TPSA) is 76.7 Å². The monoisotopic (exact) mass is 492 g/mol. The van der Waals surface area contributed by atoms with Gasteiger partial charge in [-0.3, -0.25) is 9.59 Å². The summed E-state index contributed by atoms with van der Waals surface area (Å²) in [6, 6.07) is 18.8. The zero-order valence-corrected chi connectivity index (χ0v) is 20.6. The molecule has 1 unspecified atom stereocenters. The number of hydrogen-bond donors (Lipinski definition) is 2. The van der Waals surface area contributed by atoms with Crippen LogP contribution < -0.4 is 10.6 Å². The third kappa shape index (κ3) is 8.31. The molecule has 6 nitrogen and oxygen atoms in total. The fourth-order valence-corrected chi connectivity index (χ4v) is 4.78. The second-order valence-corrected chi connectivity index (χ2v) is 9.75. The molecule has 3 aromatic rings. The van der Waals surface area contributed by atoms with Crippen LogP contribution in [0.2, 0.25) is 0 Å². The molecule has 35 heavy (non-hydrogen) atoms. The molecule has 1 fully saturated rings. The second-order valence-electron chi connectivity index (χ2n) is 8.72. The van der Waals surface area contributed by atoms with Crippen LogP contribution in [-0.2, 0) is 27.3 Å². The number of nitrogens with one attached hydrogen (secondary N) is 2. The van der Waals surface area contributed by atoms with Gasteiger partial charge in [-0.1, -0.05) is 24.3 Å². The average molecular weight is 493 g/mol. The molecule has 1 aromatic heterocycles. The molecular weight excluding hydrogens is 460 g/mol. The quantitative estimate of drug-likeness (QED) is 0.342. The highest BCUT2D eigenvalue weighted by Crippen LogP contribution is 2.18. The van der Waals surface area contributed by atoms with Gasteiger partial charge in [0.25, 0.3) is 5.91 Å². The normalized spacial score (nSPS) is 15.5. The Bertz CT molecular complexity index is 1090. The lowest BCUT2D eigenvalue weighted by atomic mass is 10.1. The molecule has 0 bridgehead atoms. The van der Waals surface area contributed by atoms with Crippen LogP contribution in [0.1, 0.15) is 52.9 Å². The molecule has 0 spiro atoms. The van der Waals surface area contributed by atoms with E-state index >= 15 is 0 Å². The summed E-state index contributed by atoms with van der Waals surface area (Å²) in [6.45, 7) is 1.87. The van der Waals surface area contributed by atoms with Crippen LogP contribution in [0.4, 0.5) is 11.4 Å². The highest BCUT2D eigenvalue weighted by atomic mass is 32.1. The minimum Gasteiger partial charge on any atom is -0.376 e. The van der Waals surface area contributed by atoms with Crippen molar-refractivity contribution in [3.8, 4) is 0 Å². The Hall–Kier alpha value is -3.00. The Morgan fingerprint density at radius 3 is 2.66 bits per heavy atom. The van der Waals surface area contributed by atoms with Crippen molar-refractivity contribution in [1.29, 1.82) is 0 Å².